The van der Waals surface area contributed by atoms with Crippen molar-refractivity contribution in [3.63, 3.8) is 0 Å². The zero-order valence-electron chi connectivity index (χ0n) is 14.9. The van der Waals surface area contributed by atoms with Crippen molar-refractivity contribution in [2.45, 2.75) is 13.0 Å². The summed E-state index contributed by atoms with van der Waals surface area (Å²) in [6.07, 6.45) is 0.821. The Balaban J connectivity index is 1.43. The maximum atomic E-state index is 12.2. The highest BCUT2D eigenvalue weighted by Crippen LogP contribution is 2.24. The quantitative estimate of drug-likeness (QED) is 0.760. The first kappa shape index (κ1) is 18.9. The molecule has 8 heteroatoms. The van der Waals surface area contributed by atoms with Gasteiger partial charge in [0, 0.05) is 18.0 Å². The maximum Gasteiger partial charge on any atom is 0.325 e. The Morgan fingerprint density at radius 3 is 2.85 bits per heavy atom. The van der Waals surface area contributed by atoms with Crippen LogP contribution < -0.4 is 10.1 Å². The van der Waals surface area contributed by atoms with E-state index in [4.69, 9.17) is 9.47 Å². The normalized spacial score (nSPS) is 12.9. The first-order valence-corrected chi connectivity index (χ1v) is 9.36. The molecule has 1 aliphatic heterocycles. The molecule has 0 fully saturated rings. The molecule has 0 bridgehead atoms. The third kappa shape index (κ3) is 4.65. The number of carbonyl (C=O) groups excluding carboxylic acids is 3. The molecule has 1 aromatic heterocycles. The molecule has 0 saturated carbocycles. The van der Waals surface area contributed by atoms with E-state index >= 15 is 0 Å². The summed E-state index contributed by atoms with van der Waals surface area (Å²) in [7, 11) is 1.46. The zero-order chi connectivity index (χ0) is 19.2. The Morgan fingerprint density at radius 1 is 1.22 bits per heavy atom. The van der Waals surface area contributed by atoms with Crippen LogP contribution in [-0.2, 0) is 27.3 Å². The van der Waals surface area contributed by atoms with Crippen LogP contribution in [0.25, 0.3) is 0 Å². The van der Waals surface area contributed by atoms with Gasteiger partial charge in [0.25, 0.3) is 11.8 Å². The lowest BCUT2D eigenvalue weighted by molar-refractivity contribution is -0.151. The van der Waals surface area contributed by atoms with E-state index in [1.807, 2.05) is 11.4 Å². The Morgan fingerprint density at radius 2 is 2.04 bits per heavy atom. The molecule has 2 aromatic rings. The molecule has 27 heavy (non-hydrogen) atoms. The average molecular weight is 388 g/mol. The van der Waals surface area contributed by atoms with Gasteiger partial charge in [0.1, 0.15) is 12.3 Å². The number of para-hydroxylation sites is 1. The second-order valence-corrected chi connectivity index (χ2v) is 6.98. The molecule has 1 aliphatic rings. The molecule has 0 aliphatic carbocycles. The lowest BCUT2D eigenvalue weighted by atomic mass is 10.1. The number of rotatable bonds is 6. The molecule has 142 valence electrons. The number of methoxy groups -OCH3 is 1. The minimum Gasteiger partial charge on any atom is -0.496 e. The second kappa shape index (κ2) is 8.68. The molecule has 2 heterocycles. The summed E-state index contributed by atoms with van der Waals surface area (Å²) in [5.41, 5.74) is 1.47. The van der Waals surface area contributed by atoms with E-state index in [1.165, 1.54) is 12.0 Å². The summed E-state index contributed by atoms with van der Waals surface area (Å²) in [4.78, 5) is 39.2. The molecular weight excluding hydrogens is 368 g/mol. The van der Waals surface area contributed by atoms with E-state index in [2.05, 4.69) is 5.32 Å². The van der Waals surface area contributed by atoms with Gasteiger partial charge >= 0.3 is 5.97 Å². The molecule has 1 N–H and O–H groups in total. The van der Waals surface area contributed by atoms with Crippen LogP contribution in [0.15, 0.2) is 35.7 Å². The van der Waals surface area contributed by atoms with Crippen LogP contribution in [0.1, 0.15) is 20.8 Å². The molecule has 7 nitrogen and oxygen atoms in total. The number of benzene rings is 1. The summed E-state index contributed by atoms with van der Waals surface area (Å²) < 4.78 is 10.1. The van der Waals surface area contributed by atoms with Gasteiger partial charge in [-0.15, -0.1) is 11.3 Å². The first-order chi connectivity index (χ1) is 13.1. The molecule has 3 rings (SSSR count). The topological polar surface area (TPSA) is 84.9 Å². The zero-order valence-corrected chi connectivity index (χ0v) is 15.7. The number of fused-ring (bicyclic) bond motifs is 1. The van der Waals surface area contributed by atoms with Gasteiger partial charge in [-0.05, 0) is 35.6 Å². The van der Waals surface area contributed by atoms with Gasteiger partial charge in [0.2, 0.25) is 0 Å². The largest absolute Gasteiger partial charge is 0.496 e. The number of nitrogens with zero attached hydrogens (tertiary/aromatic N) is 1. The monoisotopic (exact) mass is 388 g/mol. The number of hydrogen-bond donors (Lipinski definition) is 1. The SMILES string of the molecule is COc1ccccc1C(=O)NCC(=O)OCC(=O)N1CCc2sccc2C1. The van der Waals surface area contributed by atoms with Crippen LogP contribution in [0.2, 0.25) is 0 Å². The van der Waals surface area contributed by atoms with Crippen molar-refractivity contribution in [3.05, 3.63) is 51.7 Å². The lowest BCUT2D eigenvalue weighted by Crippen LogP contribution is -2.39. The van der Waals surface area contributed by atoms with E-state index in [1.54, 1.807) is 40.5 Å². The first-order valence-electron chi connectivity index (χ1n) is 8.48. The highest BCUT2D eigenvalue weighted by atomic mass is 32.1. The number of carbonyl (C=O) groups is 3. The minimum absolute atomic E-state index is 0.240. The molecule has 0 radical (unpaired) electrons. The van der Waals surface area contributed by atoms with Crippen LogP contribution in [0.3, 0.4) is 0 Å². The van der Waals surface area contributed by atoms with Gasteiger partial charge in [-0.2, -0.15) is 0 Å². The number of hydrogen-bond acceptors (Lipinski definition) is 6. The summed E-state index contributed by atoms with van der Waals surface area (Å²) in [5, 5.41) is 4.49. The summed E-state index contributed by atoms with van der Waals surface area (Å²) >= 11 is 1.69. The van der Waals surface area contributed by atoms with Crippen LogP contribution in [0.4, 0.5) is 0 Å². The molecule has 1 aromatic carbocycles. The predicted octanol–water partition coefficient (Wildman–Crippen LogP) is 1.61. The summed E-state index contributed by atoms with van der Waals surface area (Å²) in [5.74, 6) is -0.940. The molecule has 0 spiro atoms. The maximum absolute atomic E-state index is 12.2. The van der Waals surface area contributed by atoms with E-state index in [-0.39, 0.29) is 19.1 Å². The molecule has 2 amide bonds. The predicted molar refractivity (Wildman–Crippen MR) is 99.7 cm³/mol. The molecular formula is C19H20N2O5S. The third-order valence-corrected chi connectivity index (χ3v) is 5.28. The highest BCUT2D eigenvalue weighted by Gasteiger charge is 2.22. The van der Waals surface area contributed by atoms with Gasteiger partial charge in [0.15, 0.2) is 6.61 Å². The lowest BCUT2D eigenvalue weighted by Gasteiger charge is -2.26. The number of esters is 1. The summed E-state index contributed by atoms with van der Waals surface area (Å²) in [6.45, 7) is 0.510. The van der Waals surface area contributed by atoms with Crippen molar-refractivity contribution in [1.82, 2.24) is 10.2 Å². The Hall–Kier alpha value is -2.87. The van der Waals surface area contributed by atoms with Crippen LogP contribution >= 0.6 is 11.3 Å². The summed E-state index contributed by atoms with van der Waals surface area (Å²) in [6, 6.07) is 8.71. The fourth-order valence-electron chi connectivity index (χ4n) is 2.83. The Labute approximate surface area is 160 Å². The fraction of sp³-hybridized carbons (Fsp3) is 0.316. The van der Waals surface area contributed by atoms with Crippen molar-refractivity contribution in [3.8, 4) is 5.75 Å². The standard InChI is InChI=1S/C19H20N2O5S/c1-25-15-5-3-2-4-14(15)19(24)20-10-18(23)26-12-17(22)21-8-6-16-13(11-21)7-9-27-16/h2-5,7,9H,6,8,10-12H2,1H3,(H,20,24). The number of nitrogens with one attached hydrogen (secondary N) is 1. The molecule has 0 unspecified atom stereocenters. The molecule has 0 atom stereocenters. The number of thiophene rings is 1. The van der Waals surface area contributed by atoms with Crippen molar-refractivity contribution < 1.29 is 23.9 Å². The van der Waals surface area contributed by atoms with Crippen LogP contribution in [0, 0.1) is 0 Å². The fourth-order valence-corrected chi connectivity index (χ4v) is 3.72. The van der Waals surface area contributed by atoms with Crippen LogP contribution in [-0.4, -0.2) is 49.5 Å². The van der Waals surface area contributed by atoms with Gasteiger partial charge in [-0.1, -0.05) is 12.1 Å². The van der Waals surface area contributed by atoms with Crippen molar-refractivity contribution in [1.29, 1.82) is 0 Å². The van der Waals surface area contributed by atoms with Crippen molar-refractivity contribution in [2.75, 3.05) is 26.8 Å². The van der Waals surface area contributed by atoms with E-state index in [0.29, 0.717) is 24.4 Å². The minimum atomic E-state index is -0.667. The second-order valence-electron chi connectivity index (χ2n) is 5.98. The van der Waals surface area contributed by atoms with E-state index in [9.17, 15) is 14.4 Å². The van der Waals surface area contributed by atoms with Crippen molar-refractivity contribution >= 4 is 29.1 Å². The van der Waals surface area contributed by atoms with E-state index < -0.39 is 11.9 Å². The molecule has 0 saturated heterocycles. The van der Waals surface area contributed by atoms with Gasteiger partial charge in [-0.25, -0.2) is 0 Å². The van der Waals surface area contributed by atoms with Gasteiger partial charge < -0.3 is 19.7 Å². The smallest absolute Gasteiger partial charge is 0.325 e. The number of amides is 2. The van der Waals surface area contributed by atoms with E-state index in [0.717, 1.165) is 12.0 Å². The average Bonchev–Trinajstić information content (AvgIpc) is 3.17. The van der Waals surface area contributed by atoms with Crippen LogP contribution in [0.5, 0.6) is 5.75 Å². The Kier molecular flexibility index (Phi) is 6.08. The van der Waals surface area contributed by atoms with Gasteiger partial charge in [0.05, 0.1) is 12.7 Å². The Bertz CT molecular complexity index is 848. The third-order valence-electron chi connectivity index (χ3n) is 4.26. The van der Waals surface area contributed by atoms with Crippen molar-refractivity contribution in [2.24, 2.45) is 0 Å². The number of ether oxygens (including phenoxy) is 2. The van der Waals surface area contributed by atoms with Gasteiger partial charge in [-0.3, -0.25) is 14.4 Å². The highest BCUT2D eigenvalue weighted by molar-refractivity contribution is 7.10.